The molecule has 0 aliphatic heterocycles. The van der Waals surface area contributed by atoms with Crippen LogP contribution in [0.25, 0.3) is 0 Å². The van der Waals surface area contributed by atoms with Crippen LogP contribution in [0, 0.1) is 0 Å². The van der Waals surface area contributed by atoms with E-state index in [0.717, 1.165) is 6.42 Å². The van der Waals surface area contributed by atoms with Crippen molar-refractivity contribution in [1.82, 2.24) is 20.3 Å². The second kappa shape index (κ2) is 6.80. The van der Waals surface area contributed by atoms with Crippen LogP contribution in [0.3, 0.4) is 0 Å². The molecule has 8 heteroatoms. The number of carboxylic acids is 1. The molecule has 2 N–H and O–H groups in total. The number of carbonyl (C=O) groups excluding carboxylic acids is 1. The van der Waals surface area contributed by atoms with Crippen LogP contribution in [0.5, 0.6) is 0 Å². The van der Waals surface area contributed by atoms with Crippen LogP contribution in [0.1, 0.15) is 21.8 Å². The van der Waals surface area contributed by atoms with Crippen molar-refractivity contribution in [2.45, 2.75) is 19.4 Å². The summed E-state index contributed by atoms with van der Waals surface area (Å²) in [6.45, 7) is 0.788. The molecule has 0 unspecified atom stereocenters. The largest absolute Gasteiger partial charge is 0.476 e. The smallest absolute Gasteiger partial charge is 0.358 e. The molecule has 0 aromatic carbocycles. The lowest BCUT2D eigenvalue weighted by Crippen LogP contribution is -2.27. The summed E-state index contributed by atoms with van der Waals surface area (Å²) in [7, 11) is 0. The Labute approximate surface area is 119 Å². The predicted octanol–water partition coefficient (Wildman–Crippen LogP) is 0.787. The number of hydrogen-bond acceptors (Lipinski definition) is 5. The van der Waals surface area contributed by atoms with E-state index in [2.05, 4.69) is 15.6 Å². The van der Waals surface area contributed by atoms with Gasteiger partial charge in [-0.15, -0.1) is 16.4 Å². The number of nitrogens with zero attached hydrogens (tertiary/aromatic N) is 3. The summed E-state index contributed by atoms with van der Waals surface area (Å²) in [6.07, 6.45) is 2.51. The first-order chi connectivity index (χ1) is 9.65. The Morgan fingerprint density at radius 3 is 2.95 bits per heavy atom. The number of thiophene rings is 1. The fourth-order valence-electron chi connectivity index (χ4n) is 1.60. The van der Waals surface area contributed by atoms with Crippen LogP contribution in [0.2, 0.25) is 0 Å². The molecular weight excluding hydrogens is 280 g/mol. The van der Waals surface area contributed by atoms with Gasteiger partial charge >= 0.3 is 5.97 Å². The van der Waals surface area contributed by atoms with E-state index in [1.807, 2.05) is 17.5 Å². The van der Waals surface area contributed by atoms with Gasteiger partial charge in [-0.05, 0) is 17.9 Å². The highest BCUT2D eigenvalue weighted by Crippen LogP contribution is 2.10. The molecule has 0 aliphatic carbocycles. The fourth-order valence-corrected chi connectivity index (χ4v) is 2.30. The predicted molar refractivity (Wildman–Crippen MR) is 72.6 cm³/mol. The standard InChI is InChI=1S/C12H14N4O3S/c17-11(4-3-9-2-1-7-20-9)13-5-6-16-8-10(12(18)19)14-15-16/h1-2,7-8H,3-6H2,(H,13,17)(H,18,19). The first kappa shape index (κ1) is 14.2. The molecule has 0 spiro atoms. The monoisotopic (exact) mass is 294 g/mol. The van der Waals surface area contributed by atoms with Crippen LogP contribution >= 0.6 is 11.3 Å². The average Bonchev–Trinajstić information content (AvgIpc) is 3.07. The number of amides is 1. The first-order valence-corrected chi connectivity index (χ1v) is 6.95. The van der Waals surface area contributed by atoms with Gasteiger partial charge in [0.05, 0.1) is 12.7 Å². The molecule has 2 aromatic rings. The molecule has 0 saturated carbocycles. The lowest BCUT2D eigenvalue weighted by atomic mass is 10.2. The molecule has 20 heavy (non-hydrogen) atoms. The Morgan fingerprint density at radius 1 is 1.45 bits per heavy atom. The highest BCUT2D eigenvalue weighted by Gasteiger charge is 2.08. The highest BCUT2D eigenvalue weighted by molar-refractivity contribution is 7.09. The summed E-state index contributed by atoms with van der Waals surface area (Å²) < 4.78 is 1.39. The van der Waals surface area contributed by atoms with E-state index in [1.165, 1.54) is 15.8 Å². The maximum Gasteiger partial charge on any atom is 0.358 e. The van der Waals surface area contributed by atoms with Gasteiger partial charge in [0.1, 0.15) is 0 Å². The Hall–Kier alpha value is -2.22. The Balaban J connectivity index is 1.67. The molecule has 2 aromatic heterocycles. The maximum absolute atomic E-state index is 11.6. The third-order valence-corrected chi connectivity index (χ3v) is 3.54. The average molecular weight is 294 g/mol. The summed E-state index contributed by atoms with van der Waals surface area (Å²) in [4.78, 5) is 23.4. The van der Waals surface area contributed by atoms with Gasteiger partial charge in [-0.25, -0.2) is 9.48 Å². The zero-order chi connectivity index (χ0) is 14.4. The number of carbonyl (C=O) groups is 2. The highest BCUT2D eigenvalue weighted by atomic mass is 32.1. The van der Waals surface area contributed by atoms with Crippen molar-refractivity contribution in [3.8, 4) is 0 Å². The maximum atomic E-state index is 11.6. The zero-order valence-corrected chi connectivity index (χ0v) is 11.5. The third-order valence-electron chi connectivity index (χ3n) is 2.60. The van der Waals surface area contributed by atoms with E-state index >= 15 is 0 Å². The minimum absolute atomic E-state index is 0.0306. The van der Waals surface area contributed by atoms with E-state index in [1.54, 1.807) is 11.3 Å². The molecule has 2 rings (SSSR count). The molecule has 0 radical (unpaired) electrons. The summed E-state index contributed by atoms with van der Waals surface area (Å²) >= 11 is 1.63. The van der Waals surface area contributed by atoms with Gasteiger partial charge in [-0.2, -0.15) is 0 Å². The zero-order valence-electron chi connectivity index (χ0n) is 10.7. The molecule has 0 fully saturated rings. The number of nitrogens with one attached hydrogen (secondary N) is 1. The molecule has 0 aliphatic rings. The summed E-state index contributed by atoms with van der Waals surface area (Å²) in [5.41, 5.74) is -0.103. The van der Waals surface area contributed by atoms with E-state index in [9.17, 15) is 9.59 Å². The molecule has 0 saturated heterocycles. The summed E-state index contributed by atoms with van der Waals surface area (Å²) in [6, 6.07) is 3.96. The minimum Gasteiger partial charge on any atom is -0.476 e. The van der Waals surface area contributed by atoms with Crippen molar-refractivity contribution < 1.29 is 14.7 Å². The minimum atomic E-state index is -1.11. The van der Waals surface area contributed by atoms with Crippen molar-refractivity contribution in [1.29, 1.82) is 0 Å². The van der Waals surface area contributed by atoms with Crippen molar-refractivity contribution in [3.63, 3.8) is 0 Å². The molecule has 2 heterocycles. The van der Waals surface area contributed by atoms with E-state index in [-0.39, 0.29) is 11.6 Å². The van der Waals surface area contributed by atoms with Gasteiger partial charge in [-0.1, -0.05) is 11.3 Å². The van der Waals surface area contributed by atoms with Crippen LogP contribution in [0.4, 0.5) is 0 Å². The number of rotatable bonds is 7. The SMILES string of the molecule is O=C(CCc1cccs1)NCCn1cc(C(=O)O)nn1. The first-order valence-electron chi connectivity index (χ1n) is 6.07. The Bertz CT molecular complexity index is 579. The normalized spacial score (nSPS) is 10.4. The Kier molecular flexibility index (Phi) is 4.83. The van der Waals surface area contributed by atoms with Gasteiger partial charge in [0, 0.05) is 17.8 Å². The summed E-state index contributed by atoms with van der Waals surface area (Å²) in [5.74, 6) is -1.15. The van der Waals surface area contributed by atoms with Crippen LogP contribution in [-0.4, -0.2) is 38.5 Å². The fraction of sp³-hybridized carbons (Fsp3) is 0.333. The van der Waals surface area contributed by atoms with Crippen LogP contribution < -0.4 is 5.32 Å². The number of aromatic nitrogens is 3. The van der Waals surface area contributed by atoms with Crippen molar-refractivity contribution in [3.05, 3.63) is 34.3 Å². The molecule has 0 atom stereocenters. The number of aromatic carboxylic acids is 1. The van der Waals surface area contributed by atoms with E-state index < -0.39 is 5.97 Å². The molecule has 106 valence electrons. The van der Waals surface area contributed by atoms with Crippen molar-refractivity contribution in [2.75, 3.05) is 6.54 Å². The van der Waals surface area contributed by atoms with Crippen molar-refractivity contribution in [2.24, 2.45) is 0 Å². The number of aryl methyl sites for hydroxylation is 1. The summed E-state index contributed by atoms with van der Waals surface area (Å²) in [5, 5.41) is 20.6. The lowest BCUT2D eigenvalue weighted by molar-refractivity contribution is -0.121. The van der Waals surface area contributed by atoms with Crippen molar-refractivity contribution >= 4 is 23.2 Å². The lowest BCUT2D eigenvalue weighted by Gasteiger charge is -2.04. The number of hydrogen-bond donors (Lipinski definition) is 2. The van der Waals surface area contributed by atoms with E-state index in [4.69, 9.17) is 5.11 Å². The third kappa shape index (κ3) is 4.16. The molecule has 0 bridgehead atoms. The second-order valence-electron chi connectivity index (χ2n) is 4.10. The quantitative estimate of drug-likeness (QED) is 0.786. The van der Waals surface area contributed by atoms with Gasteiger partial charge in [0.25, 0.3) is 0 Å². The van der Waals surface area contributed by atoms with Crippen LogP contribution in [0.15, 0.2) is 23.7 Å². The topological polar surface area (TPSA) is 97.1 Å². The Morgan fingerprint density at radius 2 is 2.30 bits per heavy atom. The van der Waals surface area contributed by atoms with E-state index in [0.29, 0.717) is 19.5 Å². The van der Waals surface area contributed by atoms with Gasteiger partial charge in [0.2, 0.25) is 5.91 Å². The molecule has 7 nitrogen and oxygen atoms in total. The number of carboxylic acid groups (broad SMARTS) is 1. The second-order valence-corrected chi connectivity index (χ2v) is 5.13. The molecular formula is C12H14N4O3S. The molecule has 1 amide bonds. The van der Waals surface area contributed by atoms with Gasteiger partial charge in [-0.3, -0.25) is 4.79 Å². The van der Waals surface area contributed by atoms with Gasteiger partial charge < -0.3 is 10.4 Å². The van der Waals surface area contributed by atoms with Crippen LogP contribution in [-0.2, 0) is 17.8 Å². The van der Waals surface area contributed by atoms with Gasteiger partial charge in [0.15, 0.2) is 5.69 Å².